The highest BCUT2D eigenvalue weighted by Crippen LogP contribution is 2.26. The molecule has 0 aliphatic rings. The molecule has 102 valence electrons. The fourth-order valence-corrected chi connectivity index (χ4v) is 2.72. The Hall–Kier alpha value is -2.01. The summed E-state index contributed by atoms with van der Waals surface area (Å²) in [6.07, 6.45) is 2.02. The van der Waals surface area contributed by atoms with Crippen LogP contribution in [0.2, 0.25) is 0 Å². The number of methoxy groups -OCH3 is 1. The van der Waals surface area contributed by atoms with Gasteiger partial charge in [-0.05, 0) is 45.8 Å². The molecule has 0 spiro atoms. The highest BCUT2D eigenvalue weighted by molar-refractivity contribution is 9.10. The van der Waals surface area contributed by atoms with Gasteiger partial charge in [-0.25, -0.2) is 0 Å². The van der Waals surface area contributed by atoms with Crippen LogP contribution in [0.3, 0.4) is 0 Å². The third-order valence-electron chi connectivity index (χ3n) is 3.15. The van der Waals surface area contributed by atoms with E-state index in [4.69, 9.17) is 10.5 Å². The molecule has 3 aromatic rings. The standard InChI is InChI=1S/C15H14BrN3O/c1-20-12-4-2-10(3-5-12)8-19-9-13-14(16)6-11(17)7-15(13)18-19/h2-7,9H,8,17H2,1H3. The van der Waals surface area contributed by atoms with Crippen LogP contribution >= 0.6 is 15.9 Å². The van der Waals surface area contributed by atoms with Crippen molar-refractivity contribution in [2.24, 2.45) is 0 Å². The van der Waals surface area contributed by atoms with E-state index >= 15 is 0 Å². The zero-order valence-electron chi connectivity index (χ0n) is 11.0. The van der Waals surface area contributed by atoms with Gasteiger partial charge in [0.25, 0.3) is 0 Å². The monoisotopic (exact) mass is 331 g/mol. The van der Waals surface area contributed by atoms with Crippen LogP contribution in [-0.4, -0.2) is 16.9 Å². The Morgan fingerprint density at radius 1 is 1.25 bits per heavy atom. The van der Waals surface area contributed by atoms with Crippen LogP contribution in [0.15, 0.2) is 47.1 Å². The molecule has 2 N–H and O–H groups in total. The number of halogens is 1. The predicted molar refractivity (Wildman–Crippen MR) is 83.9 cm³/mol. The lowest BCUT2D eigenvalue weighted by molar-refractivity contribution is 0.414. The third-order valence-corrected chi connectivity index (χ3v) is 3.80. The molecule has 0 saturated carbocycles. The second-order valence-electron chi connectivity index (χ2n) is 4.61. The van der Waals surface area contributed by atoms with E-state index in [2.05, 4.69) is 21.0 Å². The molecule has 0 atom stereocenters. The van der Waals surface area contributed by atoms with Crippen molar-refractivity contribution >= 4 is 32.5 Å². The molecule has 1 aromatic heterocycles. The van der Waals surface area contributed by atoms with Gasteiger partial charge in [-0.15, -0.1) is 0 Å². The van der Waals surface area contributed by atoms with Gasteiger partial charge < -0.3 is 10.5 Å². The number of fused-ring (bicyclic) bond motifs is 1. The average Bonchev–Trinajstić information content (AvgIpc) is 2.82. The SMILES string of the molecule is COc1ccc(Cn2cc3c(Br)cc(N)cc3n2)cc1. The summed E-state index contributed by atoms with van der Waals surface area (Å²) in [5.41, 5.74) is 8.60. The molecule has 3 rings (SSSR count). The van der Waals surface area contributed by atoms with Gasteiger partial charge in [-0.3, -0.25) is 4.68 Å². The van der Waals surface area contributed by atoms with Gasteiger partial charge in [-0.2, -0.15) is 5.10 Å². The Bertz CT molecular complexity index is 750. The molecule has 0 aliphatic heterocycles. The smallest absolute Gasteiger partial charge is 0.118 e. The number of nitrogen functional groups attached to an aromatic ring is 1. The number of aromatic nitrogens is 2. The number of nitrogens with zero attached hydrogens (tertiary/aromatic N) is 2. The molecular formula is C15H14BrN3O. The summed E-state index contributed by atoms with van der Waals surface area (Å²) in [5, 5.41) is 5.61. The second-order valence-corrected chi connectivity index (χ2v) is 5.46. The van der Waals surface area contributed by atoms with Crippen molar-refractivity contribution in [1.82, 2.24) is 9.78 Å². The summed E-state index contributed by atoms with van der Waals surface area (Å²) in [6.45, 7) is 0.713. The number of hydrogen-bond acceptors (Lipinski definition) is 3. The number of anilines is 1. The van der Waals surface area contributed by atoms with Crippen molar-refractivity contribution in [2.45, 2.75) is 6.54 Å². The quantitative estimate of drug-likeness (QED) is 0.748. The summed E-state index contributed by atoms with van der Waals surface area (Å²) in [7, 11) is 1.66. The highest BCUT2D eigenvalue weighted by atomic mass is 79.9. The summed E-state index contributed by atoms with van der Waals surface area (Å²) in [5.74, 6) is 0.856. The minimum absolute atomic E-state index is 0.707. The zero-order valence-corrected chi connectivity index (χ0v) is 12.6. The molecule has 5 heteroatoms. The van der Waals surface area contributed by atoms with E-state index in [1.54, 1.807) is 7.11 Å². The molecule has 4 nitrogen and oxygen atoms in total. The first-order valence-corrected chi connectivity index (χ1v) is 7.00. The second kappa shape index (κ2) is 5.17. The lowest BCUT2D eigenvalue weighted by Gasteiger charge is -2.03. The number of ether oxygens (including phenoxy) is 1. The van der Waals surface area contributed by atoms with Gasteiger partial charge in [-0.1, -0.05) is 12.1 Å². The Balaban J connectivity index is 1.92. The van der Waals surface area contributed by atoms with Gasteiger partial charge >= 0.3 is 0 Å². The van der Waals surface area contributed by atoms with E-state index < -0.39 is 0 Å². The number of nitrogens with two attached hydrogens (primary N) is 1. The van der Waals surface area contributed by atoms with Crippen molar-refractivity contribution in [1.29, 1.82) is 0 Å². The molecule has 0 radical (unpaired) electrons. The van der Waals surface area contributed by atoms with Crippen LogP contribution in [0.1, 0.15) is 5.56 Å². The van der Waals surface area contributed by atoms with Crippen molar-refractivity contribution < 1.29 is 4.74 Å². The van der Waals surface area contributed by atoms with Gasteiger partial charge in [0, 0.05) is 21.7 Å². The Morgan fingerprint density at radius 2 is 2.00 bits per heavy atom. The molecule has 0 amide bonds. The first kappa shape index (κ1) is 13.0. The van der Waals surface area contributed by atoms with E-state index in [-0.39, 0.29) is 0 Å². The molecule has 1 heterocycles. The molecule has 0 unspecified atom stereocenters. The fourth-order valence-electron chi connectivity index (χ4n) is 2.15. The molecule has 2 aromatic carbocycles. The largest absolute Gasteiger partial charge is 0.497 e. The first-order chi connectivity index (χ1) is 9.65. The summed E-state index contributed by atoms with van der Waals surface area (Å²) in [6, 6.07) is 11.7. The van der Waals surface area contributed by atoms with Crippen LogP contribution in [-0.2, 0) is 6.54 Å². The van der Waals surface area contributed by atoms with E-state index in [9.17, 15) is 0 Å². The Kier molecular flexibility index (Phi) is 3.36. The zero-order chi connectivity index (χ0) is 14.1. The fraction of sp³-hybridized carbons (Fsp3) is 0.133. The molecule has 0 bridgehead atoms. The van der Waals surface area contributed by atoms with Crippen LogP contribution in [0.25, 0.3) is 10.9 Å². The third kappa shape index (κ3) is 2.49. The molecule has 0 fully saturated rings. The molecule has 0 aliphatic carbocycles. The molecule has 0 saturated heterocycles. The van der Waals surface area contributed by atoms with E-state index in [0.29, 0.717) is 12.2 Å². The van der Waals surface area contributed by atoms with Crippen LogP contribution in [0.4, 0.5) is 5.69 Å². The summed E-state index contributed by atoms with van der Waals surface area (Å²) >= 11 is 3.52. The summed E-state index contributed by atoms with van der Waals surface area (Å²) in [4.78, 5) is 0. The van der Waals surface area contributed by atoms with Crippen molar-refractivity contribution in [3.05, 3.63) is 52.6 Å². The summed E-state index contributed by atoms with van der Waals surface area (Å²) < 4.78 is 8.03. The Labute approximate surface area is 125 Å². The first-order valence-electron chi connectivity index (χ1n) is 6.21. The number of rotatable bonds is 3. The predicted octanol–water partition coefficient (Wildman–Crippen LogP) is 3.44. The van der Waals surface area contributed by atoms with Crippen molar-refractivity contribution in [3.63, 3.8) is 0 Å². The lowest BCUT2D eigenvalue weighted by Crippen LogP contribution is -1.99. The van der Waals surface area contributed by atoms with Gasteiger partial charge in [0.05, 0.1) is 19.2 Å². The minimum Gasteiger partial charge on any atom is -0.497 e. The van der Waals surface area contributed by atoms with Crippen molar-refractivity contribution in [2.75, 3.05) is 12.8 Å². The average molecular weight is 332 g/mol. The number of hydrogen-bond donors (Lipinski definition) is 1. The maximum atomic E-state index is 5.83. The molecular weight excluding hydrogens is 318 g/mol. The highest BCUT2D eigenvalue weighted by Gasteiger charge is 2.06. The van der Waals surface area contributed by atoms with Crippen LogP contribution < -0.4 is 10.5 Å². The molecule has 20 heavy (non-hydrogen) atoms. The van der Waals surface area contributed by atoms with Gasteiger partial charge in [0.1, 0.15) is 5.75 Å². The topological polar surface area (TPSA) is 53.1 Å². The van der Waals surface area contributed by atoms with E-state index in [1.807, 2.05) is 47.3 Å². The van der Waals surface area contributed by atoms with Gasteiger partial charge in [0.2, 0.25) is 0 Å². The number of benzene rings is 2. The van der Waals surface area contributed by atoms with Crippen molar-refractivity contribution in [3.8, 4) is 5.75 Å². The Morgan fingerprint density at radius 3 is 2.70 bits per heavy atom. The van der Waals surface area contributed by atoms with Crippen LogP contribution in [0, 0.1) is 0 Å². The van der Waals surface area contributed by atoms with Gasteiger partial charge in [0.15, 0.2) is 0 Å². The van der Waals surface area contributed by atoms with Crippen LogP contribution in [0.5, 0.6) is 5.75 Å². The van der Waals surface area contributed by atoms with E-state index in [1.165, 1.54) is 5.56 Å². The maximum absolute atomic E-state index is 5.83. The minimum atomic E-state index is 0.707. The maximum Gasteiger partial charge on any atom is 0.118 e. The lowest BCUT2D eigenvalue weighted by atomic mass is 10.2. The normalized spacial score (nSPS) is 10.9. The van der Waals surface area contributed by atoms with E-state index in [0.717, 1.165) is 21.1 Å².